The molecule has 0 atom stereocenters. The molecule has 0 saturated carbocycles. The summed E-state index contributed by atoms with van der Waals surface area (Å²) < 4.78 is 7.78. The van der Waals surface area contributed by atoms with Gasteiger partial charge in [-0.2, -0.15) is 0 Å². The van der Waals surface area contributed by atoms with E-state index in [-0.39, 0.29) is 0 Å². The Balaban J connectivity index is 1.77. The van der Waals surface area contributed by atoms with Crippen LogP contribution in [0, 0.1) is 0 Å². The van der Waals surface area contributed by atoms with E-state index in [4.69, 9.17) is 21.3 Å². The van der Waals surface area contributed by atoms with Crippen LogP contribution in [0.25, 0.3) is 11.3 Å². The fraction of sp³-hybridized carbons (Fsp3) is 0.125. The van der Waals surface area contributed by atoms with Gasteiger partial charge in [0.2, 0.25) is 0 Å². The van der Waals surface area contributed by atoms with Crippen molar-refractivity contribution in [1.29, 1.82) is 0 Å². The first-order chi connectivity index (χ1) is 14.2. The number of benzene rings is 3. The van der Waals surface area contributed by atoms with E-state index in [2.05, 4.69) is 34.2 Å². The van der Waals surface area contributed by atoms with Gasteiger partial charge < -0.3 is 9.30 Å². The molecule has 0 amide bonds. The van der Waals surface area contributed by atoms with Crippen LogP contribution in [0.1, 0.15) is 12.5 Å². The topological polar surface area (TPSA) is 26.5 Å². The molecule has 5 heteroatoms. The molecule has 4 aromatic rings. The Hall–Kier alpha value is -2.82. The molecule has 0 radical (unpaired) electrons. The lowest BCUT2D eigenvalue weighted by molar-refractivity contribution is 0.340. The summed E-state index contributed by atoms with van der Waals surface area (Å²) >= 11 is 7.72. The third kappa shape index (κ3) is 4.78. The molecule has 0 unspecified atom stereocenters. The zero-order chi connectivity index (χ0) is 20.1. The fourth-order valence-electron chi connectivity index (χ4n) is 3.08. The molecule has 0 aliphatic heterocycles. The second kappa shape index (κ2) is 9.12. The third-order valence-electron chi connectivity index (χ3n) is 4.49. The van der Waals surface area contributed by atoms with E-state index in [1.54, 1.807) is 11.3 Å². The van der Waals surface area contributed by atoms with Gasteiger partial charge in [-0.15, -0.1) is 11.3 Å². The molecule has 0 aliphatic carbocycles. The van der Waals surface area contributed by atoms with Crippen LogP contribution in [0.2, 0.25) is 5.02 Å². The van der Waals surface area contributed by atoms with Crippen molar-refractivity contribution in [2.75, 3.05) is 6.61 Å². The zero-order valence-electron chi connectivity index (χ0n) is 16.1. The van der Waals surface area contributed by atoms with E-state index in [9.17, 15) is 0 Å². The van der Waals surface area contributed by atoms with Crippen molar-refractivity contribution < 1.29 is 4.74 Å². The number of thiazole rings is 1. The summed E-state index contributed by atoms with van der Waals surface area (Å²) in [7, 11) is 0. The van der Waals surface area contributed by atoms with Gasteiger partial charge >= 0.3 is 0 Å². The minimum absolute atomic E-state index is 0.656. The number of rotatable bonds is 6. The third-order valence-corrected chi connectivity index (χ3v) is 5.61. The molecule has 3 nitrogen and oxygen atoms in total. The average Bonchev–Trinajstić information content (AvgIpc) is 3.13. The van der Waals surface area contributed by atoms with Crippen molar-refractivity contribution in [3.05, 3.63) is 99.6 Å². The van der Waals surface area contributed by atoms with Crippen LogP contribution in [0.5, 0.6) is 5.75 Å². The molecule has 0 aliphatic rings. The van der Waals surface area contributed by atoms with Crippen molar-refractivity contribution in [2.24, 2.45) is 4.99 Å². The van der Waals surface area contributed by atoms with E-state index in [0.717, 1.165) is 39.1 Å². The molecule has 29 heavy (non-hydrogen) atoms. The molecule has 0 N–H and O–H groups in total. The van der Waals surface area contributed by atoms with Crippen LogP contribution in [0.4, 0.5) is 5.69 Å². The first kappa shape index (κ1) is 19.5. The summed E-state index contributed by atoms with van der Waals surface area (Å²) in [5, 5.41) is 2.89. The maximum atomic E-state index is 6.08. The summed E-state index contributed by atoms with van der Waals surface area (Å²) in [6.45, 7) is 3.38. The van der Waals surface area contributed by atoms with Gasteiger partial charge in [-0.3, -0.25) is 0 Å². The van der Waals surface area contributed by atoms with Gasteiger partial charge in [-0.1, -0.05) is 54.1 Å². The van der Waals surface area contributed by atoms with E-state index in [1.165, 1.54) is 5.56 Å². The summed E-state index contributed by atoms with van der Waals surface area (Å²) in [5.41, 5.74) is 4.38. The SMILES string of the molecule is CCOc1ccc(N=c2scc(-c3ccc(Cl)cc3)n2Cc2ccccc2)cc1. The van der Waals surface area contributed by atoms with Crippen molar-refractivity contribution in [3.8, 4) is 17.0 Å². The lowest BCUT2D eigenvalue weighted by atomic mass is 10.1. The lowest BCUT2D eigenvalue weighted by Gasteiger charge is -2.10. The Bertz CT molecular complexity index is 1130. The van der Waals surface area contributed by atoms with Crippen LogP contribution in [0.3, 0.4) is 0 Å². The maximum absolute atomic E-state index is 6.08. The minimum atomic E-state index is 0.656. The van der Waals surface area contributed by atoms with Gasteiger partial charge in [0.05, 0.1) is 24.5 Å². The largest absolute Gasteiger partial charge is 0.494 e. The van der Waals surface area contributed by atoms with Crippen molar-refractivity contribution in [1.82, 2.24) is 4.57 Å². The molecule has 1 heterocycles. The summed E-state index contributed by atoms with van der Waals surface area (Å²) in [4.78, 5) is 5.85. The summed E-state index contributed by atoms with van der Waals surface area (Å²) in [6.07, 6.45) is 0. The predicted octanol–water partition coefficient (Wildman–Crippen LogP) is 6.55. The Morgan fingerprint density at radius 1 is 0.931 bits per heavy atom. The van der Waals surface area contributed by atoms with Crippen LogP contribution < -0.4 is 9.54 Å². The van der Waals surface area contributed by atoms with Gasteiger partial charge in [-0.25, -0.2) is 4.99 Å². The average molecular weight is 421 g/mol. The van der Waals surface area contributed by atoms with Gasteiger partial charge in [-0.05, 0) is 54.4 Å². The van der Waals surface area contributed by atoms with Gasteiger partial charge in [0.25, 0.3) is 0 Å². The molecule has 0 saturated heterocycles. The number of halogens is 1. The normalized spacial score (nSPS) is 11.6. The van der Waals surface area contributed by atoms with Crippen molar-refractivity contribution in [2.45, 2.75) is 13.5 Å². The molecular weight excluding hydrogens is 400 g/mol. The Morgan fingerprint density at radius 3 is 2.34 bits per heavy atom. The monoisotopic (exact) mass is 420 g/mol. The number of aromatic nitrogens is 1. The quantitative estimate of drug-likeness (QED) is 0.347. The standard InChI is InChI=1S/C24H21ClN2OS/c1-2-28-22-14-12-21(13-15-22)26-24-27(16-18-6-4-3-5-7-18)23(17-29-24)19-8-10-20(25)11-9-19/h3-15,17H,2,16H2,1H3. The van der Waals surface area contributed by atoms with E-state index >= 15 is 0 Å². The molecule has 3 aromatic carbocycles. The highest BCUT2D eigenvalue weighted by Gasteiger charge is 2.09. The predicted molar refractivity (Wildman–Crippen MR) is 121 cm³/mol. The molecule has 0 spiro atoms. The maximum Gasteiger partial charge on any atom is 0.190 e. The molecule has 0 fully saturated rings. The second-order valence-electron chi connectivity index (χ2n) is 6.52. The van der Waals surface area contributed by atoms with E-state index in [1.807, 2.05) is 61.5 Å². The summed E-state index contributed by atoms with van der Waals surface area (Å²) in [6, 6.07) is 26.3. The highest BCUT2D eigenvalue weighted by molar-refractivity contribution is 7.07. The molecule has 4 rings (SSSR count). The summed E-state index contributed by atoms with van der Waals surface area (Å²) in [5.74, 6) is 0.858. The van der Waals surface area contributed by atoms with Crippen LogP contribution in [-0.2, 0) is 6.54 Å². The van der Waals surface area contributed by atoms with E-state index < -0.39 is 0 Å². The highest BCUT2D eigenvalue weighted by atomic mass is 35.5. The van der Waals surface area contributed by atoms with Gasteiger partial charge in [0.15, 0.2) is 4.80 Å². The number of hydrogen-bond donors (Lipinski definition) is 0. The first-order valence-electron chi connectivity index (χ1n) is 9.49. The lowest BCUT2D eigenvalue weighted by Crippen LogP contribution is -2.16. The zero-order valence-corrected chi connectivity index (χ0v) is 17.7. The number of ether oxygens (including phenoxy) is 1. The van der Waals surface area contributed by atoms with Crippen LogP contribution >= 0.6 is 22.9 Å². The highest BCUT2D eigenvalue weighted by Crippen LogP contribution is 2.24. The van der Waals surface area contributed by atoms with Crippen molar-refractivity contribution >= 4 is 28.6 Å². The van der Waals surface area contributed by atoms with E-state index in [0.29, 0.717) is 6.61 Å². The molecule has 0 bridgehead atoms. The first-order valence-corrected chi connectivity index (χ1v) is 10.7. The minimum Gasteiger partial charge on any atom is -0.494 e. The van der Waals surface area contributed by atoms with Crippen LogP contribution in [0.15, 0.2) is 89.2 Å². The molecular formula is C24H21ClN2OS. The van der Waals surface area contributed by atoms with Gasteiger partial charge in [0, 0.05) is 10.4 Å². The smallest absolute Gasteiger partial charge is 0.190 e. The number of nitrogens with zero attached hydrogens (tertiary/aromatic N) is 2. The molecule has 146 valence electrons. The fourth-order valence-corrected chi connectivity index (χ4v) is 4.14. The van der Waals surface area contributed by atoms with Crippen molar-refractivity contribution in [3.63, 3.8) is 0 Å². The Morgan fingerprint density at radius 2 is 1.66 bits per heavy atom. The Labute approximate surface area is 179 Å². The Kier molecular flexibility index (Phi) is 6.13. The number of hydrogen-bond acceptors (Lipinski definition) is 3. The molecule has 1 aromatic heterocycles. The van der Waals surface area contributed by atoms with Crippen LogP contribution in [-0.4, -0.2) is 11.2 Å². The second-order valence-corrected chi connectivity index (χ2v) is 7.79. The van der Waals surface area contributed by atoms with Gasteiger partial charge in [0.1, 0.15) is 5.75 Å².